The second-order valence-corrected chi connectivity index (χ2v) is 6.63. The average molecular weight is 391 g/mol. The third kappa shape index (κ3) is 4.61. The van der Waals surface area contributed by atoms with E-state index >= 15 is 0 Å². The highest BCUT2D eigenvalue weighted by Gasteiger charge is 2.14. The maximum atomic E-state index is 11.9. The number of aliphatic hydroxyl groups excluding tert-OH is 1. The molecular weight excluding hydrogens is 374 g/mol. The molecule has 6 nitrogen and oxygen atoms in total. The molecule has 2 N–H and O–H groups in total. The number of benzene rings is 2. The van der Waals surface area contributed by atoms with Crippen LogP contribution < -0.4 is 0 Å². The van der Waals surface area contributed by atoms with Crippen molar-refractivity contribution in [1.82, 2.24) is 9.97 Å². The molecule has 2 aromatic carbocycles. The van der Waals surface area contributed by atoms with E-state index in [1.807, 2.05) is 54.8 Å². The van der Waals surface area contributed by atoms with Crippen molar-refractivity contribution in [2.75, 3.05) is 12.9 Å². The number of esters is 1. The summed E-state index contributed by atoms with van der Waals surface area (Å²) in [6.45, 7) is -0.422. The van der Waals surface area contributed by atoms with Gasteiger partial charge in [0.2, 0.25) is 0 Å². The summed E-state index contributed by atoms with van der Waals surface area (Å²) in [4.78, 5) is 20.2. The van der Waals surface area contributed by atoms with Crippen molar-refractivity contribution < 1.29 is 14.6 Å². The molecule has 1 heterocycles. The van der Waals surface area contributed by atoms with Crippen molar-refractivity contribution in [3.8, 4) is 6.07 Å². The number of hydrogen-bond acceptors (Lipinski definition) is 6. The summed E-state index contributed by atoms with van der Waals surface area (Å²) < 4.78 is 5.02. The molecule has 0 saturated carbocycles. The lowest BCUT2D eigenvalue weighted by Crippen LogP contribution is -2.06. The molecule has 3 rings (SSSR count). The van der Waals surface area contributed by atoms with Crippen LogP contribution in [0.2, 0.25) is 0 Å². The number of H-pyrrole nitrogens is 1. The Labute approximate surface area is 166 Å². The van der Waals surface area contributed by atoms with Gasteiger partial charge in [-0.25, -0.2) is 9.78 Å². The SMILES string of the molecule is CSc1ccc(/C=C/C(=O)OC/C(O)=C(\C#N)c2nc3ccccc3[nH]2)cc1. The van der Waals surface area contributed by atoms with Crippen LogP contribution in [0.15, 0.2) is 65.3 Å². The molecular formula is C21H17N3O3S. The number of hydrogen-bond donors (Lipinski definition) is 2. The molecule has 3 aromatic rings. The first-order valence-electron chi connectivity index (χ1n) is 8.37. The topological polar surface area (TPSA) is 99.0 Å². The maximum absolute atomic E-state index is 11.9. The van der Waals surface area contributed by atoms with E-state index in [1.54, 1.807) is 23.9 Å². The number of carbonyl (C=O) groups excluding carboxylic acids is 1. The van der Waals surface area contributed by atoms with Crippen molar-refractivity contribution >= 4 is 40.4 Å². The number of para-hydroxylation sites is 2. The number of allylic oxidation sites excluding steroid dienone is 1. The highest BCUT2D eigenvalue weighted by Crippen LogP contribution is 2.19. The first-order valence-corrected chi connectivity index (χ1v) is 9.59. The van der Waals surface area contributed by atoms with Crippen LogP contribution in [0.1, 0.15) is 11.4 Å². The minimum Gasteiger partial charge on any atom is -0.507 e. The van der Waals surface area contributed by atoms with Crippen LogP contribution in [0, 0.1) is 11.3 Å². The second kappa shape index (κ2) is 8.93. The van der Waals surface area contributed by atoms with Gasteiger partial charge in [-0.1, -0.05) is 24.3 Å². The van der Waals surface area contributed by atoms with Crippen LogP contribution in [-0.2, 0) is 9.53 Å². The molecule has 0 aliphatic rings. The predicted octanol–water partition coefficient (Wildman–Crippen LogP) is 4.33. The number of rotatable bonds is 6. The fraction of sp³-hybridized carbons (Fsp3) is 0.0952. The Kier molecular flexibility index (Phi) is 6.14. The van der Waals surface area contributed by atoms with Crippen LogP contribution >= 0.6 is 11.8 Å². The van der Waals surface area contributed by atoms with Crippen LogP contribution in [0.5, 0.6) is 0 Å². The van der Waals surface area contributed by atoms with Gasteiger partial charge in [0.1, 0.15) is 18.2 Å². The largest absolute Gasteiger partial charge is 0.507 e. The lowest BCUT2D eigenvalue weighted by molar-refractivity contribution is -0.137. The molecule has 0 radical (unpaired) electrons. The number of fused-ring (bicyclic) bond motifs is 1. The van der Waals surface area contributed by atoms with Gasteiger partial charge in [0.05, 0.1) is 11.0 Å². The van der Waals surface area contributed by atoms with Crippen LogP contribution in [0.3, 0.4) is 0 Å². The summed E-state index contributed by atoms with van der Waals surface area (Å²) in [5.41, 5.74) is 2.20. The number of imidazole rings is 1. The van der Waals surface area contributed by atoms with Gasteiger partial charge in [-0.3, -0.25) is 0 Å². The van der Waals surface area contributed by atoms with Crippen molar-refractivity contribution in [3.63, 3.8) is 0 Å². The molecule has 0 amide bonds. The third-order valence-corrected chi connectivity index (χ3v) is 4.65. The quantitative estimate of drug-likeness (QED) is 0.213. The average Bonchev–Trinajstić information content (AvgIpc) is 3.15. The Morgan fingerprint density at radius 3 is 2.71 bits per heavy atom. The van der Waals surface area contributed by atoms with Crippen molar-refractivity contribution in [1.29, 1.82) is 5.26 Å². The van der Waals surface area contributed by atoms with Crippen molar-refractivity contribution in [2.45, 2.75) is 4.90 Å². The van der Waals surface area contributed by atoms with Gasteiger partial charge >= 0.3 is 5.97 Å². The summed E-state index contributed by atoms with van der Waals surface area (Å²) in [6.07, 6.45) is 4.88. The Morgan fingerprint density at radius 1 is 1.29 bits per heavy atom. The van der Waals surface area contributed by atoms with Gasteiger partial charge in [-0.15, -0.1) is 11.8 Å². The van der Waals surface area contributed by atoms with E-state index in [4.69, 9.17) is 4.74 Å². The molecule has 0 aliphatic carbocycles. The van der Waals surface area contributed by atoms with Crippen LogP contribution in [0.25, 0.3) is 22.7 Å². The number of carbonyl (C=O) groups is 1. The Hall–Kier alpha value is -3.50. The number of nitrogens with one attached hydrogen (secondary N) is 1. The zero-order valence-corrected chi connectivity index (χ0v) is 15.9. The molecule has 28 heavy (non-hydrogen) atoms. The first-order chi connectivity index (χ1) is 13.6. The highest BCUT2D eigenvalue weighted by atomic mass is 32.2. The Bertz CT molecular complexity index is 1060. The van der Waals surface area contributed by atoms with Gasteiger partial charge in [0, 0.05) is 11.0 Å². The van der Waals surface area contributed by atoms with Crippen LogP contribution in [0.4, 0.5) is 0 Å². The maximum Gasteiger partial charge on any atom is 0.331 e. The Balaban J connectivity index is 1.66. The molecule has 0 bridgehead atoms. The Morgan fingerprint density at radius 2 is 2.04 bits per heavy atom. The molecule has 0 unspecified atom stereocenters. The standard InChI is InChI=1S/C21H17N3O3S/c1-28-15-9-6-14(7-10-15)8-11-20(26)27-13-19(25)16(12-22)21-23-17-4-2-3-5-18(17)24-21/h2-11,25H,13H2,1H3,(H,23,24)/b11-8+,19-16-. The summed E-state index contributed by atoms with van der Waals surface area (Å²) in [5.74, 6) is -0.767. The van der Waals surface area contributed by atoms with E-state index in [-0.39, 0.29) is 17.2 Å². The molecule has 1 aromatic heterocycles. The highest BCUT2D eigenvalue weighted by molar-refractivity contribution is 7.98. The van der Waals surface area contributed by atoms with Gasteiger partial charge in [0.25, 0.3) is 0 Å². The van der Waals surface area contributed by atoms with E-state index in [0.717, 1.165) is 16.0 Å². The minimum atomic E-state index is -0.623. The van der Waals surface area contributed by atoms with E-state index in [1.165, 1.54) is 6.08 Å². The zero-order chi connectivity index (χ0) is 19.9. The molecule has 0 saturated heterocycles. The van der Waals surface area contributed by atoms with Gasteiger partial charge < -0.3 is 14.8 Å². The normalized spacial score (nSPS) is 12.0. The van der Waals surface area contributed by atoms with Crippen molar-refractivity contribution in [3.05, 3.63) is 71.8 Å². The fourth-order valence-corrected chi connectivity index (χ4v) is 2.87. The summed E-state index contributed by atoms with van der Waals surface area (Å²) in [7, 11) is 0. The molecule has 140 valence electrons. The number of aromatic amines is 1. The smallest absolute Gasteiger partial charge is 0.331 e. The summed E-state index contributed by atoms with van der Waals surface area (Å²) in [5, 5.41) is 19.5. The fourth-order valence-electron chi connectivity index (χ4n) is 2.46. The molecule has 0 fully saturated rings. The predicted molar refractivity (Wildman–Crippen MR) is 109 cm³/mol. The number of nitriles is 1. The van der Waals surface area contributed by atoms with Gasteiger partial charge in [-0.05, 0) is 42.2 Å². The van der Waals surface area contributed by atoms with Gasteiger partial charge in [0.15, 0.2) is 11.6 Å². The monoisotopic (exact) mass is 391 g/mol. The summed E-state index contributed by atoms with van der Waals surface area (Å²) in [6, 6.07) is 16.9. The number of nitrogens with zero attached hydrogens (tertiary/aromatic N) is 2. The third-order valence-electron chi connectivity index (χ3n) is 3.91. The summed E-state index contributed by atoms with van der Waals surface area (Å²) >= 11 is 1.63. The van der Waals surface area contributed by atoms with Gasteiger partial charge in [-0.2, -0.15) is 5.26 Å². The number of ether oxygens (including phenoxy) is 1. The lowest BCUT2D eigenvalue weighted by Gasteiger charge is -2.03. The number of aromatic nitrogens is 2. The van der Waals surface area contributed by atoms with E-state index < -0.39 is 12.6 Å². The number of aliphatic hydroxyl groups is 1. The second-order valence-electron chi connectivity index (χ2n) is 5.75. The molecule has 0 atom stereocenters. The minimum absolute atomic E-state index is 0.0689. The molecule has 0 spiro atoms. The lowest BCUT2D eigenvalue weighted by atomic mass is 10.2. The first kappa shape index (κ1) is 19.3. The van der Waals surface area contributed by atoms with Crippen molar-refractivity contribution in [2.24, 2.45) is 0 Å². The van der Waals surface area contributed by atoms with E-state index in [2.05, 4.69) is 9.97 Å². The molecule has 0 aliphatic heterocycles. The number of thioether (sulfide) groups is 1. The van der Waals surface area contributed by atoms with E-state index in [9.17, 15) is 15.2 Å². The van der Waals surface area contributed by atoms with E-state index in [0.29, 0.717) is 5.52 Å². The molecule has 7 heteroatoms. The zero-order valence-electron chi connectivity index (χ0n) is 15.0. The van der Waals surface area contributed by atoms with Crippen LogP contribution in [-0.4, -0.2) is 33.9 Å².